The van der Waals surface area contributed by atoms with Crippen molar-refractivity contribution in [3.05, 3.63) is 77.1 Å². The van der Waals surface area contributed by atoms with Crippen molar-refractivity contribution >= 4 is 12.0 Å². The number of rotatable bonds is 5. The fourth-order valence-electron chi connectivity index (χ4n) is 3.17. The average Bonchev–Trinajstić information content (AvgIpc) is 3.29. The van der Waals surface area contributed by atoms with Gasteiger partial charge in [0.25, 0.3) is 0 Å². The van der Waals surface area contributed by atoms with Crippen molar-refractivity contribution < 1.29 is 14.3 Å². The molecule has 0 saturated heterocycles. The normalized spacial score (nSPS) is 12.5. The Hall–Kier alpha value is -3.54. The predicted molar refractivity (Wildman–Crippen MR) is 106 cm³/mol. The zero-order chi connectivity index (χ0) is 19.5. The number of nitrogens with zero attached hydrogens (tertiary/aromatic N) is 2. The molecular weight excluding hydrogens is 354 g/mol. The number of carbonyl (C=O) groups excluding carboxylic acids is 1. The molecule has 0 fully saturated rings. The Balaban J connectivity index is 1.42. The number of nitrogens with one attached hydrogen (secondary N) is 1. The van der Waals surface area contributed by atoms with Gasteiger partial charge in [-0.3, -0.25) is 4.79 Å². The van der Waals surface area contributed by atoms with Crippen LogP contribution in [0.25, 0.3) is 11.8 Å². The summed E-state index contributed by atoms with van der Waals surface area (Å²) >= 11 is 0. The number of para-hydroxylation sites is 1. The van der Waals surface area contributed by atoms with E-state index in [0.29, 0.717) is 12.3 Å². The van der Waals surface area contributed by atoms with Crippen LogP contribution in [-0.2, 0) is 11.3 Å². The number of aryl methyl sites for hydroxylation is 1. The first kappa shape index (κ1) is 17.9. The lowest BCUT2D eigenvalue weighted by molar-refractivity contribution is -0.116. The molecule has 0 spiro atoms. The number of aromatic nitrogens is 2. The van der Waals surface area contributed by atoms with Crippen molar-refractivity contribution in [1.82, 2.24) is 15.1 Å². The van der Waals surface area contributed by atoms with Gasteiger partial charge in [-0.2, -0.15) is 5.10 Å². The Morgan fingerprint density at radius 3 is 2.75 bits per heavy atom. The Bertz CT molecular complexity index is 1040. The van der Waals surface area contributed by atoms with E-state index in [1.54, 1.807) is 6.08 Å². The zero-order valence-electron chi connectivity index (χ0n) is 15.8. The van der Waals surface area contributed by atoms with Gasteiger partial charge in [0.1, 0.15) is 0 Å². The number of benzene rings is 2. The third-order valence-corrected chi connectivity index (χ3v) is 4.71. The molecule has 1 aliphatic rings. The van der Waals surface area contributed by atoms with Crippen LogP contribution >= 0.6 is 0 Å². The van der Waals surface area contributed by atoms with E-state index in [4.69, 9.17) is 9.47 Å². The standard InChI is InChI=1S/C22H21N3O3/c1-15-19(16(2)25(24-15)18-6-4-3-5-7-18)13-23-22(26)11-9-17-8-10-20-21(12-17)28-14-27-20/h3-12H,13-14H2,1-2H3,(H,23,26)/b11-9+. The van der Waals surface area contributed by atoms with Gasteiger partial charge in [-0.15, -0.1) is 0 Å². The minimum absolute atomic E-state index is 0.163. The molecule has 0 bridgehead atoms. The van der Waals surface area contributed by atoms with Gasteiger partial charge in [0.05, 0.1) is 11.4 Å². The summed E-state index contributed by atoms with van der Waals surface area (Å²) in [7, 11) is 0. The summed E-state index contributed by atoms with van der Waals surface area (Å²) in [5.41, 5.74) is 4.82. The van der Waals surface area contributed by atoms with Gasteiger partial charge < -0.3 is 14.8 Å². The summed E-state index contributed by atoms with van der Waals surface area (Å²) in [5.74, 6) is 1.26. The highest BCUT2D eigenvalue weighted by molar-refractivity contribution is 5.91. The van der Waals surface area contributed by atoms with E-state index < -0.39 is 0 Å². The fourth-order valence-corrected chi connectivity index (χ4v) is 3.17. The first-order valence-electron chi connectivity index (χ1n) is 9.08. The van der Waals surface area contributed by atoms with E-state index in [1.165, 1.54) is 6.08 Å². The molecule has 1 aromatic heterocycles. The molecule has 4 rings (SSSR count). The lowest BCUT2D eigenvalue weighted by atomic mass is 10.2. The summed E-state index contributed by atoms with van der Waals surface area (Å²) in [6.45, 7) is 4.63. The molecule has 1 N–H and O–H groups in total. The summed E-state index contributed by atoms with van der Waals surface area (Å²) in [5, 5.41) is 7.54. The number of ether oxygens (including phenoxy) is 2. The van der Waals surface area contributed by atoms with Crippen LogP contribution in [0.15, 0.2) is 54.6 Å². The molecule has 0 aliphatic carbocycles. The first-order valence-corrected chi connectivity index (χ1v) is 9.08. The second kappa shape index (κ2) is 7.60. The summed E-state index contributed by atoms with van der Waals surface area (Å²) < 4.78 is 12.5. The van der Waals surface area contributed by atoms with Crippen molar-refractivity contribution in [3.63, 3.8) is 0 Å². The fraction of sp³-hybridized carbons (Fsp3) is 0.182. The average molecular weight is 375 g/mol. The zero-order valence-corrected chi connectivity index (χ0v) is 15.8. The van der Waals surface area contributed by atoms with E-state index in [1.807, 2.05) is 67.1 Å². The van der Waals surface area contributed by atoms with Crippen LogP contribution in [0.4, 0.5) is 0 Å². The number of fused-ring (bicyclic) bond motifs is 1. The van der Waals surface area contributed by atoms with Crippen LogP contribution in [0, 0.1) is 13.8 Å². The third-order valence-electron chi connectivity index (χ3n) is 4.71. The molecule has 142 valence electrons. The van der Waals surface area contributed by atoms with Crippen LogP contribution in [0.5, 0.6) is 11.5 Å². The molecule has 28 heavy (non-hydrogen) atoms. The van der Waals surface area contributed by atoms with Gasteiger partial charge in [0, 0.05) is 23.9 Å². The summed E-state index contributed by atoms with van der Waals surface area (Å²) in [6, 6.07) is 15.5. The maximum Gasteiger partial charge on any atom is 0.244 e. The number of carbonyl (C=O) groups is 1. The van der Waals surface area contributed by atoms with Crippen molar-refractivity contribution in [2.75, 3.05) is 6.79 Å². The van der Waals surface area contributed by atoms with Crippen molar-refractivity contribution in [1.29, 1.82) is 0 Å². The van der Waals surface area contributed by atoms with Gasteiger partial charge in [-0.05, 0) is 49.8 Å². The van der Waals surface area contributed by atoms with E-state index in [2.05, 4.69) is 10.4 Å². The number of amides is 1. The molecule has 0 radical (unpaired) electrons. The molecule has 1 aliphatic heterocycles. The molecule has 0 saturated carbocycles. The summed E-state index contributed by atoms with van der Waals surface area (Å²) in [6.07, 6.45) is 3.27. The molecule has 1 amide bonds. The van der Waals surface area contributed by atoms with Crippen LogP contribution in [0.1, 0.15) is 22.5 Å². The van der Waals surface area contributed by atoms with Crippen LogP contribution < -0.4 is 14.8 Å². The van der Waals surface area contributed by atoms with Crippen LogP contribution in [-0.4, -0.2) is 22.5 Å². The maximum absolute atomic E-state index is 12.2. The Morgan fingerprint density at radius 1 is 1.14 bits per heavy atom. The van der Waals surface area contributed by atoms with Crippen molar-refractivity contribution in [3.8, 4) is 17.2 Å². The molecule has 0 unspecified atom stereocenters. The van der Waals surface area contributed by atoms with E-state index in [0.717, 1.165) is 34.0 Å². The third kappa shape index (κ3) is 3.62. The van der Waals surface area contributed by atoms with Crippen molar-refractivity contribution in [2.45, 2.75) is 20.4 Å². The van der Waals surface area contributed by atoms with E-state index in [9.17, 15) is 4.79 Å². The molecule has 6 nitrogen and oxygen atoms in total. The predicted octanol–water partition coefficient (Wildman–Crippen LogP) is 3.55. The molecule has 2 aromatic carbocycles. The molecule has 3 aromatic rings. The smallest absolute Gasteiger partial charge is 0.244 e. The van der Waals surface area contributed by atoms with E-state index >= 15 is 0 Å². The Morgan fingerprint density at radius 2 is 1.93 bits per heavy atom. The van der Waals surface area contributed by atoms with Crippen molar-refractivity contribution in [2.24, 2.45) is 0 Å². The molecule has 6 heteroatoms. The van der Waals surface area contributed by atoms with Gasteiger partial charge >= 0.3 is 0 Å². The quantitative estimate of drug-likeness (QED) is 0.693. The second-order valence-corrected chi connectivity index (χ2v) is 6.56. The van der Waals surface area contributed by atoms with Gasteiger partial charge in [-0.25, -0.2) is 4.68 Å². The van der Waals surface area contributed by atoms with Gasteiger partial charge in [-0.1, -0.05) is 24.3 Å². The largest absolute Gasteiger partial charge is 0.454 e. The Kier molecular flexibility index (Phi) is 4.85. The number of hydrogen-bond acceptors (Lipinski definition) is 4. The maximum atomic E-state index is 12.2. The van der Waals surface area contributed by atoms with E-state index in [-0.39, 0.29) is 12.7 Å². The SMILES string of the molecule is Cc1nn(-c2ccccc2)c(C)c1CNC(=O)/C=C/c1ccc2c(c1)OCO2. The molecule has 0 atom stereocenters. The first-order chi connectivity index (χ1) is 13.6. The monoisotopic (exact) mass is 375 g/mol. The highest BCUT2D eigenvalue weighted by Crippen LogP contribution is 2.32. The van der Waals surface area contributed by atoms with Crippen LogP contribution in [0.3, 0.4) is 0 Å². The highest BCUT2D eigenvalue weighted by atomic mass is 16.7. The highest BCUT2D eigenvalue weighted by Gasteiger charge is 2.14. The lowest BCUT2D eigenvalue weighted by Gasteiger charge is -2.06. The topological polar surface area (TPSA) is 65.4 Å². The lowest BCUT2D eigenvalue weighted by Crippen LogP contribution is -2.21. The molecular formula is C22H21N3O3. The summed E-state index contributed by atoms with van der Waals surface area (Å²) in [4.78, 5) is 12.2. The number of hydrogen-bond donors (Lipinski definition) is 1. The minimum Gasteiger partial charge on any atom is -0.454 e. The second-order valence-electron chi connectivity index (χ2n) is 6.56. The molecule has 2 heterocycles. The van der Waals surface area contributed by atoms with Gasteiger partial charge in [0.15, 0.2) is 11.5 Å². The van der Waals surface area contributed by atoms with Crippen LogP contribution in [0.2, 0.25) is 0 Å². The minimum atomic E-state index is -0.163. The Labute approximate surface area is 163 Å². The van der Waals surface area contributed by atoms with Gasteiger partial charge in [0.2, 0.25) is 12.7 Å².